The van der Waals surface area contributed by atoms with E-state index < -0.39 is 5.63 Å². The predicted octanol–water partition coefficient (Wildman–Crippen LogP) is 4.79. The van der Waals surface area contributed by atoms with E-state index in [0.29, 0.717) is 23.1 Å². The van der Waals surface area contributed by atoms with Crippen molar-refractivity contribution >= 4 is 49.9 Å². The average Bonchev–Trinajstić information content (AvgIpc) is 2.66. The first-order valence-electron chi connectivity index (χ1n) is 8.37. The number of halogens is 2. The van der Waals surface area contributed by atoms with E-state index >= 15 is 0 Å². The van der Waals surface area contributed by atoms with Crippen LogP contribution in [-0.4, -0.2) is 17.8 Å². The molecule has 0 spiro atoms. The number of amides is 1. The monoisotopic (exact) mass is 449 g/mol. The molecule has 0 saturated carbocycles. The van der Waals surface area contributed by atoms with Crippen LogP contribution in [0.2, 0.25) is 5.02 Å². The SMILES string of the molecule is O=C(Cc1ccccc1)Nc1ccc2c(=O)oc(OCCCBr)c(Cl)c2c1. The minimum atomic E-state index is -0.537. The van der Waals surface area contributed by atoms with Crippen LogP contribution in [0.5, 0.6) is 5.95 Å². The number of alkyl halides is 1. The normalized spacial score (nSPS) is 10.7. The number of rotatable bonds is 7. The van der Waals surface area contributed by atoms with Crippen LogP contribution in [0.1, 0.15) is 12.0 Å². The van der Waals surface area contributed by atoms with E-state index in [9.17, 15) is 9.59 Å². The molecule has 0 aliphatic rings. The van der Waals surface area contributed by atoms with Crippen molar-refractivity contribution in [1.29, 1.82) is 0 Å². The molecule has 0 fully saturated rings. The van der Waals surface area contributed by atoms with Gasteiger partial charge >= 0.3 is 11.6 Å². The smallest absolute Gasteiger partial charge is 0.346 e. The van der Waals surface area contributed by atoms with E-state index in [1.807, 2.05) is 30.3 Å². The molecular weight excluding hydrogens is 434 g/mol. The Labute approximate surface area is 169 Å². The Balaban J connectivity index is 1.83. The molecule has 0 aliphatic carbocycles. The van der Waals surface area contributed by atoms with Crippen molar-refractivity contribution in [2.45, 2.75) is 12.8 Å². The van der Waals surface area contributed by atoms with E-state index in [1.165, 1.54) is 0 Å². The van der Waals surface area contributed by atoms with Gasteiger partial charge in [0.25, 0.3) is 0 Å². The summed E-state index contributed by atoms with van der Waals surface area (Å²) in [5.74, 6) is -0.170. The number of ether oxygens (including phenoxy) is 1. The molecule has 0 saturated heterocycles. The number of carbonyl (C=O) groups excluding carboxylic acids is 1. The van der Waals surface area contributed by atoms with Gasteiger partial charge in [-0.25, -0.2) is 4.79 Å². The van der Waals surface area contributed by atoms with E-state index in [0.717, 1.165) is 17.3 Å². The summed E-state index contributed by atoms with van der Waals surface area (Å²) in [6, 6.07) is 14.3. The minimum Gasteiger partial charge on any atom is -0.464 e. The number of hydrogen-bond acceptors (Lipinski definition) is 4. The van der Waals surface area contributed by atoms with Gasteiger partial charge in [-0.05, 0) is 30.2 Å². The Morgan fingerprint density at radius 3 is 2.67 bits per heavy atom. The fourth-order valence-corrected chi connectivity index (χ4v) is 3.05. The summed E-state index contributed by atoms with van der Waals surface area (Å²) in [5, 5.41) is 4.59. The third-order valence-electron chi connectivity index (χ3n) is 3.84. The lowest BCUT2D eigenvalue weighted by Gasteiger charge is -2.10. The topological polar surface area (TPSA) is 68.5 Å². The van der Waals surface area contributed by atoms with Crippen LogP contribution in [-0.2, 0) is 11.2 Å². The van der Waals surface area contributed by atoms with Gasteiger partial charge in [0.1, 0.15) is 5.02 Å². The quantitative estimate of drug-likeness (QED) is 0.415. The van der Waals surface area contributed by atoms with Crippen LogP contribution in [0.4, 0.5) is 5.69 Å². The molecule has 3 rings (SSSR count). The van der Waals surface area contributed by atoms with Gasteiger partial charge in [-0.1, -0.05) is 57.9 Å². The Hall–Kier alpha value is -2.31. The second kappa shape index (κ2) is 9.06. The zero-order valence-electron chi connectivity index (χ0n) is 14.3. The average molecular weight is 451 g/mol. The lowest BCUT2D eigenvalue weighted by molar-refractivity contribution is -0.115. The second-order valence-electron chi connectivity index (χ2n) is 5.85. The van der Waals surface area contributed by atoms with Crippen LogP contribution >= 0.6 is 27.5 Å². The molecule has 7 heteroatoms. The Bertz CT molecular complexity index is 1000. The highest BCUT2D eigenvalue weighted by atomic mass is 79.9. The van der Waals surface area contributed by atoms with Crippen LogP contribution < -0.4 is 15.7 Å². The van der Waals surface area contributed by atoms with Crippen LogP contribution in [0.25, 0.3) is 10.8 Å². The third kappa shape index (κ3) is 4.90. The van der Waals surface area contributed by atoms with Crippen LogP contribution in [0, 0.1) is 0 Å². The van der Waals surface area contributed by atoms with Crippen molar-refractivity contribution < 1.29 is 13.9 Å². The highest BCUT2D eigenvalue weighted by Gasteiger charge is 2.15. The van der Waals surface area contributed by atoms with Crippen molar-refractivity contribution in [3.05, 3.63) is 69.5 Å². The van der Waals surface area contributed by atoms with Crippen molar-refractivity contribution in [3.8, 4) is 5.95 Å². The maximum absolute atomic E-state index is 12.3. The molecule has 2 aromatic carbocycles. The van der Waals surface area contributed by atoms with E-state index in [1.54, 1.807) is 18.2 Å². The molecule has 27 heavy (non-hydrogen) atoms. The van der Waals surface area contributed by atoms with Crippen molar-refractivity contribution in [2.24, 2.45) is 0 Å². The second-order valence-corrected chi connectivity index (χ2v) is 7.02. The maximum Gasteiger partial charge on any atom is 0.346 e. The molecule has 0 atom stereocenters. The number of benzene rings is 2. The van der Waals surface area contributed by atoms with Gasteiger partial charge in [0.2, 0.25) is 5.91 Å². The summed E-state index contributed by atoms with van der Waals surface area (Å²) in [5.41, 5.74) is 0.921. The number of nitrogens with one attached hydrogen (secondary N) is 1. The standard InChI is InChI=1S/C20H17BrClNO4/c21-9-4-10-26-20-18(22)16-12-14(7-8-15(16)19(25)27-20)23-17(24)11-13-5-2-1-3-6-13/h1-3,5-8,12H,4,9-11H2,(H,23,24). The molecule has 3 aromatic rings. The fraction of sp³-hybridized carbons (Fsp3) is 0.200. The molecule has 1 N–H and O–H groups in total. The van der Waals surface area contributed by atoms with Crippen molar-refractivity contribution in [1.82, 2.24) is 0 Å². The van der Waals surface area contributed by atoms with Crippen LogP contribution in [0.3, 0.4) is 0 Å². The minimum absolute atomic E-state index is 0.0112. The summed E-state index contributed by atoms with van der Waals surface area (Å²) in [6.07, 6.45) is 0.998. The lowest BCUT2D eigenvalue weighted by Crippen LogP contribution is -2.14. The van der Waals surface area contributed by atoms with Gasteiger partial charge in [0.15, 0.2) is 0 Å². The summed E-state index contributed by atoms with van der Waals surface area (Å²) >= 11 is 9.65. The Morgan fingerprint density at radius 1 is 1.15 bits per heavy atom. The molecule has 0 radical (unpaired) electrons. The summed E-state index contributed by atoms with van der Waals surface area (Å²) in [7, 11) is 0. The number of anilines is 1. The molecule has 0 bridgehead atoms. The maximum atomic E-state index is 12.3. The summed E-state index contributed by atoms with van der Waals surface area (Å²) in [4.78, 5) is 24.4. The molecule has 0 unspecified atom stereocenters. The highest BCUT2D eigenvalue weighted by molar-refractivity contribution is 9.09. The number of fused-ring (bicyclic) bond motifs is 1. The number of carbonyl (C=O) groups is 1. The largest absolute Gasteiger partial charge is 0.464 e. The fourth-order valence-electron chi connectivity index (χ4n) is 2.57. The molecule has 1 heterocycles. The van der Waals surface area contributed by atoms with Gasteiger partial charge in [-0.3, -0.25) is 4.79 Å². The first kappa shape index (κ1) is 19.5. The first-order valence-corrected chi connectivity index (χ1v) is 9.87. The van der Waals surface area contributed by atoms with Gasteiger partial charge in [0, 0.05) is 16.4 Å². The highest BCUT2D eigenvalue weighted by Crippen LogP contribution is 2.32. The van der Waals surface area contributed by atoms with E-state index in [2.05, 4.69) is 21.2 Å². The van der Waals surface area contributed by atoms with Gasteiger partial charge in [-0.15, -0.1) is 0 Å². The molecule has 0 aliphatic heterocycles. The molecular formula is C20H17BrClNO4. The Morgan fingerprint density at radius 2 is 1.93 bits per heavy atom. The van der Waals surface area contributed by atoms with Crippen LogP contribution in [0.15, 0.2) is 57.7 Å². The van der Waals surface area contributed by atoms with Crippen molar-refractivity contribution in [2.75, 3.05) is 17.3 Å². The van der Waals surface area contributed by atoms with E-state index in [4.69, 9.17) is 20.8 Å². The molecule has 140 valence electrons. The zero-order valence-corrected chi connectivity index (χ0v) is 16.7. The third-order valence-corrected chi connectivity index (χ3v) is 4.76. The summed E-state index contributed by atoms with van der Waals surface area (Å²) < 4.78 is 10.6. The Kier molecular flexibility index (Phi) is 6.53. The molecule has 5 nitrogen and oxygen atoms in total. The molecule has 1 aromatic heterocycles. The lowest BCUT2D eigenvalue weighted by atomic mass is 10.1. The van der Waals surface area contributed by atoms with Gasteiger partial charge in [0.05, 0.1) is 18.4 Å². The summed E-state index contributed by atoms with van der Waals surface area (Å²) in [6.45, 7) is 0.368. The van der Waals surface area contributed by atoms with Gasteiger partial charge in [-0.2, -0.15) is 0 Å². The van der Waals surface area contributed by atoms with Gasteiger partial charge < -0.3 is 14.5 Å². The zero-order chi connectivity index (χ0) is 19.2. The molecule has 1 amide bonds. The predicted molar refractivity (Wildman–Crippen MR) is 110 cm³/mol. The van der Waals surface area contributed by atoms with E-state index in [-0.39, 0.29) is 23.3 Å². The first-order chi connectivity index (χ1) is 13.1. The van der Waals surface area contributed by atoms with Crippen molar-refractivity contribution in [3.63, 3.8) is 0 Å². The number of hydrogen-bond donors (Lipinski definition) is 1.